The summed E-state index contributed by atoms with van der Waals surface area (Å²) in [6.07, 6.45) is 1.78. The molecule has 0 saturated heterocycles. The van der Waals surface area contributed by atoms with E-state index in [0.29, 0.717) is 26.3 Å². The number of aromatic nitrogens is 2. The van der Waals surface area contributed by atoms with Crippen LogP contribution in [-0.2, 0) is 24.9 Å². The molecule has 1 aromatic carbocycles. The first-order valence-electron chi connectivity index (χ1n) is 7.85. The van der Waals surface area contributed by atoms with Crippen LogP contribution in [0.1, 0.15) is 11.3 Å². The molecule has 0 amide bonds. The second-order valence-electron chi connectivity index (χ2n) is 5.16. The molecule has 2 rings (SSSR count). The molecule has 1 heterocycles. The molecule has 7 heteroatoms. The fourth-order valence-corrected chi connectivity index (χ4v) is 2.22. The molecule has 0 spiro atoms. The monoisotopic (exact) mass is 331 g/mol. The predicted octanol–water partition coefficient (Wildman–Crippen LogP) is 1.31. The molecule has 2 N–H and O–H groups in total. The third-order valence-corrected chi connectivity index (χ3v) is 3.57. The summed E-state index contributed by atoms with van der Waals surface area (Å²) < 4.78 is 12.8. The van der Waals surface area contributed by atoms with Gasteiger partial charge >= 0.3 is 0 Å². The van der Waals surface area contributed by atoms with Gasteiger partial charge < -0.3 is 20.1 Å². The lowest BCUT2D eigenvalue weighted by Crippen LogP contribution is -2.38. The van der Waals surface area contributed by atoms with E-state index < -0.39 is 0 Å². The number of hydrogen-bond acceptors (Lipinski definition) is 4. The van der Waals surface area contributed by atoms with Gasteiger partial charge in [-0.25, -0.2) is 0 Å². The summed E-state index contributed by atoms with van der Waals surface area (Å²) in [6.45, 7) is 2.43. The summed E-state index contributed by atoms with van der Waals surface area (Å²) in [4.78, 5) is 4.19. The summed E-state index contributed by atoms with van der Waals surface area (Å²) >= 11 is 0. The molecule has 0 aliphatic carbocycles. The maximum atomic E-state index is 5.69. The summed E-state index contributed by atoms with van der Waals surface area (Å²) in [7, 11) is 5.32. The van der Waals surface area contributed by atoms with E-state index in [1.54, 1.807) is 20.4 Å². The van der Waals surface area contributed by atoms with Crippen LogP contribution in [0.4, 0.5) is 0 Å². The highest BCUT2D eigenvalue weighted by atomic mass is 16.5. The number of nitrogens with one attached hydrogen (secondary N) is 2. The Kier molecular flexibility index (Phi) is 7.10. The van der Waals surface area contributed by atoms with Gasteiger partial charge in [-0.2, -0.15) is 5.10 Å². The summed E-state index contributed by atoms with van der Waals surface area (Å²) in [5.74, 6) is 1.58. The fraction of sp³-hybridized carbons (Fsp3) is 0.412. The van der Waals surface area contributed by atoms with Gasteiger partial charge in [0.05, 0.1) is 32.6 Å². The van der Waals surface area contributed by atoms with E-state index >= 15 is 0 Å². The molecule has 1 aromatic heterocycles. The smallest absolute Gasteiger partial charge is 0.191 e. The first-order chi connectivity index (χ1) is 11.7. The van der Waals surface area contributed by atoms with Crippen molar-refractivity contribution in [3.63, 3.8) is 0 Å². The van der Waals surface area contributed by atoms with Crippen LogP contribution >= 0.6 is 0 Å². The number of benzene rings is 1. The van der Waals surface area contributed by atoms with Crippen molar-refractivity contribution >= 4 is 5.96 Å². The predicted molar refractivity (Wildman–Crippen MR) is 94.1 cm³/mol. The van der Waals surface area contributed by atoms with Gasteiger partial charge in [-0.05, 0) is 12.1 Å². The molecule has 0 aliphatic rings. The highest BCUT2D eigenvalue weighted by Crippen LogP contribution is 2.17. The Labute approximate surface area is 142 Å². The van der Waals surface area contributed by atoms with Crippen LogP contribution in [0.3, 0.4) is 0 Å². The maximum absolute atomic E-state index is 5.69. The average Bonchev–Trinajstić information content (AvgIpc) is 3.02. The van der Waals surface area contributed by atoms with Crippen molar-refractivity contribution in [1.82, 2.24) is 20.4 Å². The highest BCUT2D eigenvalue weighted by molar-refractivity contribution is 5.79. The minimum Gasteiger partial charge on any atom is -0.496 e. The second kappa shape index (κ2) is 9.57. The van der Waals surface area contributed by atoms with Crippen molar-refractivity contribution in [1.29, 1.82) is 0 Å². The number of methoxy groups -OCH3 is 1. The van der Waals surface area contributed by atoms with Crippen LogP contribution in [0, 0.1) is 0 Å². The number of aliphatic imine (C=N–C) groups is 1. The Morgan fingerprint density at radius 2 is 2.08 bits per heavy atom. The molecular formula is C17H25N5O2. The minimum absolute atomic E-state index is 0.521. The van der Waals surface area contributed by atoms with Gasteiger partial charge in [0, 0.05) is 32.4 Å². The Bertz CT molecular complexity index is 654. The van der Waals surface area contributed by atoms with Gasteiger partial charge in [-0.15, -0.1) is 0 Å². The zero-order chi connectivity index (χ0) is 17.2. The van der Waals surface area contributed by atoms with E-state index in [9.17, 15) is 0 Å². The number of hydrogen-bond donors (Lipinski definition) is 2. The van der Waals surface area contributed by atoms with Crippen LogP contribution in [0.2, 0.25) is 0 Å². The quantitative estimate of drug-likeness (QED) is 0.433. The highest BCUT2D eigenvalue weighted by Gasteiger charge is 2.03. The van der Waals surface area contributed by atoms with E-state index in [1.165, 1.54) is 0 Å². The molecule has 2 aromatic rings. The number of guanidine groups is 1. The molecule has 0 aliphatic heterocycles. The summed E-state index contributed by atoms with van der Waals surface area (Å²) in [6, 6.07) is 9.82. The van der Waals surface area contributed by atoms with Crippen LogP contribution in [0.15, 0.2) is 41.5 Å². The van der Waals surface area contributed by atoms with E-state index in [4.69, 9.17) is 9.47 Å². The van der Waals surface area contributed by atoms with Crippen molar-refractivity contribution in [2.75, 3.05) is 27.3 Å². The fourth-order valence-electron chi connectivity index (χ4n) is 2.22. The second-order valence-corrected chi connectivity index (χ2v) is 5.16. The number of rotatable bonds is 8. The number of para-hydroxylation sites is 1. The van der Waals surface area contributed by atoms with Crippen molar-refractivity contribution in [2.24, 2.45) is 12.0 Å². The van der Waals surface area contributed by atoms with Gasteiger partial charge in [0.25, 0.3) is 0 Å². The summed E-state index contributed by atoms with van der Waals surface area (Å²) in [5.41, 5.74) is 2.13. The molecule has 24 heavy (non-hydrogen) atoms. The van der Waals surface area contributed by atoms with Crippen LogP contribution < -0.4 is 15.4 Å². The molecule has 0 radical (unpaired) electrons. The number of nitrogens with zero attached hydrogens (tertiary/aromatic N) is 3. The standard InChI is InChI=1S/C17H25N5O2/c1-18-17(20-12-15-8-9-21-22(15)2)19-10-11-24-13-14-6-4-5-7-16(14)23-3/h4-9H,10-13H2,1-3H3,(H2,18,19,20). The number of aryl methyl sites for hydroxylation is 1. The van der Waals surface area contributed by atoms with E-state index in [-0.39, 0.29) is 0 Å². The zero-order valence-corrected chi connectivity index (χ0v) is 14.5. The molecule has 130 valence electrons. The average molecular weight is 331 g/mol. The molecule has 0 bridgehead atoms. The lowest BCUT2D eigenvalue weighted by Gasteiger charge is -2.13. The van der Waals surface area contributed by atoms with Crippen LogP contribution in [-0.4, -0.2) is 43.0 Å². The molecule has 0 unspecified atom stereocenters. The topological polar surface area (TPSA) is 72.7 Å². The van der Waals surface area contributed by atoms with E-state index in [1.807, 2.05) is 42.1 Å². The lowest BCUT2D eigenvalue weighted by atomic mass is 10.2. The van der Waals surface area contributed by atoms with Gasteiger partial charge in [0.2, 0.25) is 0 Å². The SMILES string of the molecule is CN=C(NCCOCc1ccccc1OC)NCc1ccnn1C. The molecule has 0 saturated carbocycles. The molecular weight excluding hydrogens is 306 g/mol. The first-order valence-corrected chi connectivity index (χ1v) is 7.85. The number of ether oxygens (including phenoxy) is 2. The van der Waals surface area contributed by atoms with Crippen molar-refractivity contribution in [2.45, 2.75) is 13.2 Å². The largest absolute Gasteiger partial charge is 0.496 e. The first kappa shape index (κ1) is 17.8. The zero-order valence-electron chi connectivity index (χ0n) is 14.5. The molecule has 0 atom stereocenters. The van der Waals surface area contributed by atoms with E-state index in [2.05, 4.69) is 20.7 Å². The maximum Gasteiger partial charge on any atom is 0.191 e. The Balaban J connectivity index is 1.66. The van der Waals surface area contributed by atoms with Crippen molar-refractivity contribution in [3.8, 4) is 5.75 Å². The molecule has 7 nitrogen and oxygen atoms in total. The third-order valence-electron chi connectivity index (χ3n) is 3.57. The van der Waals surface area contributed by atoms with Crippen LogP contribution in [0.25, 0.3) is 0 Å². The molecule has 0 fully saturated rings. The van der Waals surface area contributed by atoms with Gasteiger partial charge in [0.1, 0.15) is 5.75 Å². The third kappa shape index (κ3) is 5.27. The normalized spacial score (nSPS) is 11.4. The Morgan fingerprint density at radius 3 is 2.79 bits per heavy atom. The van der Waals surface area contributed by atoms with Crippen molar-refractivity contribution in [3.05, 3.63) is 47.8 Å². The van der Waals surface area contributed by atoms with Gasteiger partial charge in [-0.1, -0.05) is 18.2 Å². The minimum atomic E-state index is 0.521. The van der Waals surface area contributed by atoms with Gasteiger partial charge in [0.15, 0.2) is 5.96 Å². The summed E-state index contributed by atoms with van der Waals surface area (Å²) in [5, 5.41) is 10.6. The Morgan fingerprint density at radius 1 is 1.25 bits per heavy atom. The lowest BCUT2D eigenvalue weighted by molar-refractivity contribution is 0.123. The van der Waals surface area contributed by atoms with Crippen LogP contribution in [0.5, 0.6) is 5.75 Å². The van der Waals surface area contributed by atoms with E-state index in [0.717, 1.165) is 23.0 Å². The van der Waals surface area contributed by atoms with Gasteiger partial charge in [-0.3, -0.25) is 9.67 Å². The Hall–Kier alpha value is -2.54. The van der Waals surface area contributed by atoms with Crippen molar-refractivity contribution < 1.29 is 9.47 Å².